The molecule has 1 unspecified atom stereocenters. The monoisotopic (exact) mass is 537 g/mol. The smallest absolute Gasteiger partial charge is 0.191 e. The first-order valence-electron chi connectivity index (χ1n) is 10.4. The summed E-state index contributed by atoms with van der Waals surface area (Å²) < 4.78 is 5.38. The van der Waals surface area contributed by atoms with Crippen LogP contribution in [0.2, 0.25) is 0 Å². The maximum absolute atomic E-state index is 10.7. The van der Waals surface area contributed by atoms with Gasteiger partial charge in [-0.25, -0.2) is 0 Å². The number of guanidine groups is 1. The Morgan fingerprint density at radius 1 is 1.28 bits per heavy atom. The molecule has 0 radical (unpaired) electrons. The predicted molar refractivity (Wildman–Crippen MR) is 131 cm³/mol. The fraction of sp³-hybridized carbons (Fsp3) is 0.750. The minimum absolute atomic E-state index is 0. The first-order valence-corrected chi connectivity index (χ1v) is 11.3. The molecule has 1 fully saturated rings. The molecular formula is C20H36IN5O2S. The van der Waals surface area contributed by atoms with Crippen molar-refractivity contribution in [3.05, 3.63) is 21.9 Å². The molecule has 0 aliphatic carbocycles. The lowest BCUT2D eigenvalue weighted by atomic mass is 10.1. The Bertz CT molecular complexity index is 634. The van der Waals surface area contributed by atoms with E-state index in [2.05, 4.69) is 43.8 Å². The van der Waals surface area contributed by atoms with Gasteiger partial charge < -0.3 is 20.5 Å². The molecule has 2 aliphatic heterocycles. The van der Waals surface area contributed by atoms with E-state index in [4.69, 9.17) is 4.74 Å². The zero-order valence-electron chi connectivity index (χ0n) is 17.7. The van der Waals surface area contributed by atoms with Gasteiger partial charge in [0.2, 0.25) is 0 Å². The normalized spacial score (nSPS) is 20.4. The Morgan fingerprint density at radius 3 is 2.83 bits per heavy atom. The Balaban J connectivity index is 0.00000300. The molecule has 166 valence electrons. The molecule has 0 spiro atoms. The van der Waals surface area contributed by atoms with Gasteiger partial charge in [0, 0.05) is 57.2 Å². The average molecular weight is 538 g/mol. The lowest BCUT2D eigenvalue weighted by Crippen LogP contribution is -2.48. The zero-order valence-corrected chi connectivity index (χ0v) is 20.8. The van der Waals surface area contributed by atoms with Crippen molar-refractivity contribution in [1.29, 1.82) is 0 Å². The van der Waals surface area contributed by atoms with Crippen LogP contribution in [0.5, 0.6) is 0 Å². The van der Waals surface area contributed by atoms with Crippen molar-refractivity contribution < 1.29 is 9.84 Å². The summed E-state index contributed by atoms with van der Waals surface area (Å²) in [5.41, 5.74) is 0.637. The van der Waals surface area contributed by atoms with Crippen LogP contribution in [0, 0.1) is 0 Å². The van der Waals surface area contributed by atoms with Crippen molar-refractivity contribution in [1.82, 2.24) is 20.4 Å². The van der Waals surface area contributed by atoms with Crippen LogP contribution < -0.4 is 10.6 Å². The van der Waals surface area contributed by atoms with Crippen molar-refractivity contribution >= 4 is 41.3 Å². The van der Waals surface area contributed by atoms with Crippen molar-refractivity contribution in [3.8, 4) is 0 Å². The van der Waals surface area contributed by atoms with E-state index in [1.807, 2.05) is 18.3 Å². The van der Waals surface area contributed by atoms with Crippen molar-refractivity contribution in [3.63, 3.8) is 0 Å². The van der Waals surface area contributed by atoms with E-state index in [1.54, 1.807) is 4.88 Å². The Morgan fingerprint density at radius 2 is 2.07 bits per heavy atom. The highest BCUT2D eigenvalue weighted by atomic mass is 127. The molecule has 1 atom stereocenters. The number of β-amino-alcohol motifs (C(OH)–C–C–N with tert-alkyl or cyclic N) is 1. The highest BCUT2D eigenvalue weighted by molar-refractivity contribution is 14.0. The highest BCUT2D eigenvalue weighted by Gasteiger charge is 2.25. The predicted octanol–water partition coefficient (Wildman–Crippen LogP) is 1.36. The van der Waals surface area contributed by atoms with Gasteiger partial charge in [0.1, 0.15) is 0 Å². The van der Waals surface area contributed by atoms with Gasteiger partial charge in [0.25, 0.3) is 0 Å². The summed E-state index contributed by atoms with van der Waals surface area (Å²) in [6, 6.07) is 2.25. The van der Waals surface area contributed by atoms with Crippen molar-refractivity contribution in [2.75, 3.05) is 65.6 Å². The van der Waals surface area contributed by atoms with E-state index < -0.39 is 5.60 Å². The molecule has 0 aromatic carbocycles. The van der Waals surface area contributed by atoms with Crippen LogP contribution in [0.1, 0.15) is 24.3 Å². The first kappa shape index (κ1) is 24.8. The van der Waals surface area contributed by atoms with Crippen LogP contribution in [-0.4, -0.2) is 92.0 Å². The number of fused-ring (bicyclic) bond motifs is 1. The number of hydrogen-bond acceptors (Lipinski definition) is 6. The van der Waals surface area contributed by atoms with Gasteiger partial charge in [-0.05, 0) is 37.3 Å². The molecule has 29 heavy (non-hydrogen) atoms. The molecule has 1 saturated heterocycles. The molecule has 0 amide bonds. The maximum atomic E-state index is 10.7. The highest BCUT2D eigenvalue weighted by Crippen LogP contribution is 2.23. The molecule has 9 heteroatoms. The van der Waals surface area contributed by atoms with Gasteiger partial charge in [0.15, 0.2) is 5.96 Å². The lowest BCUT2D eigenvalue weighted by molar-refractivity contribution is -0.0180. The summed E-state index contributed by atoms with van der Waals surface area (Å²) in [6.45, 7) is 13.0. The number of hydrogen-bond donors (Lipinski definition) is 3. The van der Waals surface area contributed by atoms with E-state index in [0.717, 1.165) is 71.4 Å². The number of rotatable bonds is 8. The maximum Gasteiger partial charge on any atom is 0.191 e. The number of ether oxygens (including phenoxy) is 1. The van der Waals surface area contributed by atoms with Crippen LogP contribution in [-0.2, 0) is 17.7 Å². The number of nitrogens with zero attached hydrogens (tertiary/aromatic N) is 3. The molecule has 0 saturated carbocycles. The summed E-state index contributed by atoms with van der Waals surface area (Å²) in [5.74, 6) is 0.776. The fourth-order valence-corrected chi connectivity index (χ4v) is 4.60. The zero-order chi connectivity index (χ0) is 19.8. The second-order valence-corrected chi connectivity index (χ2v) is 8.90. The summed E-state index contributed by atoms with van der Waals surface area (Å²) >= 11 is 1.88. The largest absolute Gasteiger partial charge is 0.387 e. The third kappa shape index (κ3) is 8.29. The van der Waals surface area contributed by atoms with E-state index in [9.17, 15) is 5.11 Å². The van der Waals surface area contributed by atoms with Gasteiger partial charge in [-0.15, -0.1) is 35.3 Å². The topological polar surface area (TPSA) is 72.4 Å². The lowest BCUT2D eigenvalue weighted by Gasteiger charge is -2.33. The Hall–Kier alpha value is -0.460. The third-order valence-electron chi connectivity index (χ3n) is 5.20. The number of nitrogens with one attached hydrogen (secondary N) is 2. The fourth-order valence-electron chi connectivity index (χ4n) is 3.71. The van der Waals surface area contributed by atoms with Crippen LogP contribution in [0.4, 0.5) is 0 Å². The Labute approximate surface area is 195 Å². The summed E-state index contributed by atoms with van der Waals surface area (Å²) in [5, 5.41) is 19.6. The molecule has 7 nitrogen and oxygen atoms in total. The van der Waals surface area contributed by atoms with Crippen molar-refractivity contribution in [2.45, 2.75) is 32.4 Å². The Kier molecular flexibility index (Phi) is 10.6. The van der Waals surface area contributed by atoms with Crippen LogP contribution in [0.25, 0.3) is 0 Å². The molecule has 1 aromatic rings. The SMILES string of the molecule is CCNC(=NCC(C)(O)CN1CCOCC1)NCCN1CCc2sccc2C1.I. The molecule has 2 aliphatic rings. The van der Waals surface area contributed by atoms with E-state index >= 15 is 0 Å². The number of aliphatic hydroxyl groups is 1. The standard InChI is InChI=1S/C20H35N5O2S.HI/c1-3-21-19(23-15-20(2,26)16-25-9-11-27-12-10-25)22-6-8-24-7-4-18-17(14-24)5-13-28-18;/h5,13,26H,3-4,6-12,14-16H2,1-2H3,(H2,21,22,23);1H. The van der Waals surface area contributed by atoms with Crippen molar-refractivity contribution in [2.24, 2.45) is 4.99 Å². The van der Waals surface area contributed by atoms with Gasteiger partial charge >= 0.3 is 0 Å². The minimum Gasteiger partial charge on any atom is -0.387 e. The van der Waals surface area contributed by atoms with E-state index in [-0.39, 0.29) is 24.0 Å². The number of halogens is 1. The van der Waals surface area contributed by atoms with Gasteiger partial charge in [-0.1, -0.05) is 0 Å². The van der Waals surface area contributed by atoms with Crippen LogP contribution in [0.15, 0.2) is 16.4 Å². The third-order valence-corrected chi connectivity index (χ3v) is 6.22. The second-order valence-electron chi connectivity index (χ2n) is 7.90. The second kappa shape index (κ2) is 12.4. The first-order chi connectivity index (χ1) is 13.6. The van der Waals surface area contributed by atoms with Crippen LogP contribution in [0.3, 0.4) is 0 Å². The van der Waals surface area contributed by atoms with E-state index in [1.165, 1.54) is 5.56 Å². The number of morpholine rings is 1. The molecule has 3 N–H and O–H groups in total. The molecule has 0 bridgehead atoms. The molecule has 3 rings (SSSR count). The molecular weight excluding hydrogens is 501 g/mol. The average Bonchev–Trinajstić information content (AvgIpc) is 3.14. The van der Waals surface area contributed by atoms with E-state index in [0.29, 0.717) is 13.1 Å². The van der Waals surface area contributed by atoms with Gasteiger partial charge in [-0.3, -0.25) is 14.8 Å². The van der Waals surface area contributed by atoms with Gasteiger partial charge in [-0.2, -0.15) is 0 Å². The van der Waals surface area contributed by atoms with Crippen LogP contribution >= 0.6 is 35.3 Å². The quantitative estimate of drug-likeness (QED) is 0.265. The number of thiophene rings is 1. The minimum atomic E-state index is -0.845. The van der Waals surface area contributed by atoms with Gasteiger partial charge in [0.05, 0.1) is 25.4 Å². The summed E-state index contributed by atoms with van der Waals surface area (Å²) in [4.78, 5) is 10.9. The number of aliphatic imine (C=N–C) groups is 1. The molecule has 1 aromatic heterocycles. The summed E-state index contributed by atoms with van der Waals surface area (Å²) in [7, 11) is 0. The molecule has 3 heterocycles. The summed E-state index contributed by atoms with van der Waals surface area (Å²) in [6.07, 6.45) is 1.16.